The first-order valence-corrected chi connectivity index (χ1v) is 6.31. The minimum Gasteiger partial charge on any atom is -0.389 e. The molecule has 1 heterocycles. The van der Waals surface area contributed by atoms with E-state index in [0.717, 1.165) is 6.42 Å². The highest BCUT2D eigenvalue weighted by atomic mass is 32.1. The number of carbonyl (C=O) groups excluding carboxylic acids is 1. The largest absolute Gasteiger partial charge is 0.389 e. The van der Waals surface area contributed by atoms with Gasteiger partial charge in [-0.05, 0) is 24.5 Å². The van der Waals surface area contributed by atoms with E-state index < -0.39 is 0 Å². The van der Waals surface area contributed by atoms with E-state index in [9.17, 15) is 4.79 Å². The van der Waals surface area contributed by atoms with Gasteiger partial charge in [0.15, 0.2) is 0 Å². The number of carbonyl (C=O) groups is 1. The van der Waals surface area contributed by atoms with Gasteiger partial charge >= 0.3 is 0 Å². The molecule has 5 heteroatoms. The highest BCUT2D eigenvalue weighted by Gasteiger charge is 2.31. The van der Waals surface area contributed by atoms with E-state index in [1.807, 2.05) is 19.1 Å². The lowest BCUT2D eigenvalue weighted by molar-refractivity contribution is -0.126. The van der Waals surface area contributed by atoms with Gasteiger partial charge in [0.2, 0.25) is 0 Å². The third kappa shape index (κ3) is 2.68. The Morgan fingerprint density at radius 3 is 2.83 bits per heavy atom. The van der Waals surface area contributed by atoms with Gasteiger partial charge in [0.25, 0.3) is 5.91 Å². The van der Waals surface area contributed by atoms with Gasteiger partial charge in [-0.2, -0.15) is 0 Å². The van der Waals surface area contributed by atoms with Crippen molar-refractivity contribution in [1.29, 1.82) is 0 Å². The summed E-state index contributed by atoms with van der Waals surface area (Å²) >= 11 is 4.96. The molecule has 1 aromatic carbocycles. The average Bonchev–Trinajstić information content (AvgIpc) is 2.76. The second-order valence-electron chi connectivity index (χ2n) is 4.46. The average molecular weight is 264 g/mol. The lowest BCUT2D eigenvalue weighted by Gasteiger charge is -2.16. The van der Waals surface area contributed by atoms with Crippen LogP contribution in [0.5, 0.6) is 0 Å². The maximum atomic E-state index is 12.1. The fourth-order valence-electron chi connectivity index (χ4n) is 2.04. The third-order valence-electron chi connectivity index (χ3n) is 3.10. The van der Waals surface area contributed by atoms with Crippen molar-refractivity contribution in [1.82, 2.24) is 0 Å². The lowest BCUT2D eigenvalue weighted by atomic mass is 10.0. The molecule has 3 N–H and O–H groups in total. The molecule has 1 saturated heterocycles. The Labute approximate surface area is 112 Å². The highest BCUT2D eigenvalue weighted by Crippen LogP contribution is 2.22. The van der Waals surface area contributed by atoms with Gasteiger partial charge in [0.1, 0.15) is 11.1 Å². The summed E-state index contributed by atoms with van der Waals surface area (Å²) in [4.78, 5) is 12.3. The second kappa shape index (κ2) is 5.46. The molecule has 1 aliphatic rings. The van der Waals surface area contributed by atoms with Gasteiger partial charge < -0.3 is 15.8 Å². The van der Waals surface area contributed by atoms with E-state index in [1.165, 1.54) is 0 Å². The van der Waals surface area contributed by atoms with Crippen molar-refractivity contribution < 1.29 is 9.53 Å². The zero-order valence-corrected chi connectivity index (χ0v) is 11.0. The molecular formula is C13H16N2O2S. The van der Waals surface area contributed by atoms with Crippen LogP contribution in [0.2, 0.25) is 0 Å². The number of anilines is 1. The molecule has 0 saturated carbocycles. The minimum absolute atomic E-state index is 0.135. The van der Waals surface area contributed by atoms with Crippen LogP contribution in [-0.2, 0) is 9.53 Å². The second-order valence-corrected chi connectivity index (χ2v) is 4.90. The molecule has 1 aromatic rings. The summed E-state index contributed by atoms with van der Waals surface area (Å²) in [7, 11) is 0. The topological polar surface area (TPSA) is 64.3 Å². The number of nitrogens with one attached hydrogen (secondary N) is 1. The van der Waals surface area contributed by atoms with Gasteiger partial charge in [-0.1, -0.05) is 31.3 Å². The van der Waals surface area contributed by atoms with E-state index in [0.29, 0.717) is 17.9 Å². The van der Waals surface area contributed by atoms with Gasteiger partial charge in [-0.25, -0.2) is 0 Å². The number of thiocarbonyl (C=S) groups is 1. The van der Waals surface area contributed by atoms with Crippen LogP contribution in [0.1, 0.15) is 18.9 Å². The molecule has 18 heavy (non-hydrogen) atoms. The number of ether oxygens (including phenoxy) is 1. The number of hydrogen-bond acceptors (Lipinski definition) is 3. The van der Waals surface area contributed by atoms with Crippen LogP contribution in [0.4, 0.5) is 5.69 Å². The molecule has 4 nitrogen and oxygen atoms in total. The molecule has 96 valence electrons. The van der Waals surface area contributed by atoms with Gasteiger partial charge in [-0.15, -0.1) is 0 Å². The normalized spacial score (nSPS) is 22.7. The first kappa shape index (κ1) is 13.0. The summed E-state index contributed by atoms with van der Waals surface area (Å²) in [6.45, 7) is 2.65. The van der Waals surface area contributed by atoms with E-state index in [1.54, 1.807) is 12.1 Å². The van der Waals surface area contributed by atoms with Crippen molar-refractivity contribution in [3.8, 4) is 0 Å². The molecule has 0 radical (unpaired) electrons. The van der Waals surface area contributed by atoms with Crippen LogP contribution >= 0.6 is 12.2 Å². The number of amides is 1. The van der Waals surface area contributed by atoms with Gasteiger partial charge in [-0.3, -0.25) is 4.79 Å². The van der Waals surface area contributed by atoms with Crippen molar-refractivity contribution in [2.75, 3.05) is 11.9 Å². The lowest BCUT2D eigenvalue weighted by Crippen LogP contribution is -2.32. The highest BCUT2D eigenvalue weighted by molar-refractivity contribution is 7.80. The van der Waals surface area contributed by atoms with E-state index >= 15 is 0 Å². The summed E-state index contributed by atoms with van der Waals surface area (Å²) in [5.41, 5.74) is 6.93. The Morgan fingerprint density at radius 2 is 2.22 bits per heavy atom. The van der Waals surface area contributed by atoms with Crippen LogP contribution < -0.4 is 11.1 Å². The van der Waals surface area contributed by atoms with Crippen molar-refractivity contribution in [3.05, 3.63) is 29.8 Å². The Bertz CT molecular complexity index is 476. The summed E-state index contributed by atoms with van der Waals surface area (Å²) in [5.74, 6) is 0.102. The van der Waals surface area contributed by atoms with Gasteiger partial charge in [0.05, 0.1) is 5.69 Å². The fraction of sp³-hybridized carbons (Fsp3) is 0.385. The van der Waals surface area contributed by atoms with Gasteiger partial charge in [0, 0.05) is 12.2 Å². The molecule has 0 spiro atoms. The number of hydrogen-bond donors (Lipinski definition) is 2. The quantitative estimate of drug-likeness (QED) is 0.815. The van der Waals surface area contributed by atoms with E-state index in [-0.39, 0.29) is 22.9 Å². The SMILES string of the molecule is CC1CCOC1C(=O)Nc1ccccc1C(N)=S. The molecule has 0 aliphatic carbocycles. The van der Waals surface area contributed by atoms with Crippen LogP contribution in [-0.4, -0.2) is 23.6 Å². The molecule has 1 aliphatic heterocycles. The summed E-state index contributed by atoms with van der Waals surface area (Å²) in [6, 6.07) is 7.23. The number of para-hydroxylation sites is 1. The smallest absolute Gasteiger partial charge is 0.253 e. The Kier molecular flexibility index (Phi) is 3.93. The molecular weight excluding hydrogens is 248 g/mol. The Hall–Kier alpha value is -1.46. The summed E-state index contributed by atoms with van der Waals surface area (Å²) in [5, 5.41) is 2.83. The molecule has 2 unspecified atom stereocenters. The summed E-state index contributed by atoms with van der Waals surface area (Å²) < 4.78 is 5.42. The van der Waals surface area contributed by atoms with E-state index in [2.05, 4.69) is 5.32 Å². The van der Waals surface area contributed by atoms with Crippen LogP contribution in [0.15, 0.2) is 24.3 Å². The Balaban J connectivity index is 2.14. The summed E-state index contributed by atoms with van der Waals surface area (Å²) in [6.07, 6.45) is 0.527. The first-order valence-electron chi connectivity index (χ1n) is 5.91. The van der Waals surface area contributed by atoms with Crippen molar-refractivity contribution in [2.24, 2.45) is 11.7 Å². The minimum atomic E-state index is -0.385. The third-order valence-corrected chi connectivity index (χ3v) is 3.32. The number of nitrogens with two attached hydrogens (primary N) is 1. The van der Waals surface area contributed by atoms with Crippen molar-refractivity contribution in [2.45, 2.75) is 19.4 Å². The monoisotopic (exact) mass is 264 g/mol. The van der Waals surface area contributed by atoms with Crippen molar-refractivity contribution >= 4 is 28.8 Å². The standard InChI is InChI=1S/C13H16N2O2S/c1-8-6-7-17-11(8)13(16)15-10-5-3-2-4-9(10)12(14)18/h2-5,8,11H,6-7H2,1H3,(H2,14,18)(H,15,16). The van der Waals surface area contributed by atoms with Crippen LogP contribution in [0.25, 0.3) is 0 Å². The van der Waals surface area contributed by atoms with Crippen molar-refractivity contribution in [3.63, 3.8) is 0 Å². The molecule has 1 amide bonds. The zero-order chi connectivity index (χ0) is 13.1. The van der Waals surface area contributed by atoms with Crippen LogP contribution in [0.3, 0.4) is 0 Å². The molecule has 2 atom stereocenters. The number of rotatable bonds is 3. The molecule has 0 aromatic heterocycles. The Morgan fingerprint density at radius 1 is 1.50 bits per heavy atom. The maximum Gasteiger partial charge on any atom is 0.253 e. The number of benzene rings is 1. The predicted molar refractivity (Wildman–Crippen MR) is 74.5 cm³/mol. The first-order chi connectivity index (χ1) is 8.59. The molecule has 0 bridgehead atoms. The maximum absolute atomic E-state index is 12.1. The van der Waals surface area contributed by atoms with E-state index in [4.69, 9.17) is 22.7 Å². The molecule has 2 rings (SSSR count). The zero-order valence-electron chi connectivity index (χ0n) is 10.2. The molecule has 1 fully saturated rings. The predicted octanol–water partition coefficient (Wildman–Crippen LogP) is 1.68. The van der Waals surface area contributed by atoms with Crippen LogP contribution in [0, 0.1) is 5.92 Å². The fourth-order valence-corrected chi connectivity index (χ4v) is 2.22.